The van der Waals surface area contributed by atoms with Crippen LogP contribution in [-0.2, 0) is 10.8 Å². The molecule has 0 aliphatic carbocycles. The van der Waals surface area contributed by atoms with E-state index in [1.807, 2.05) is 0 Å². The normalized spacial score (nSPS) is 11.6. The number of nitrogens with zero attached hydrogens (tertiary/aromatic N) is 4. The molecule has 2 aromatic heterocycles. The topological polar surface area (TPSA) is 166 Å². The second-order valence-electron chi connectivity index (χ2n) is 8.48. The molecule has 194 valence electrons. The third-order valence-electron chi connectivity index (χ3n) is 5.71. The second kappa shape index (κ2) is 10.6. The summed E-state index contributed by atoms with van der Waals surface area (Å²) in [6.45, 7) is 1.74. The number of rotatable bonds is 7. The van der Waals surface area contributed by atoms with Gasteiger partial charge in [-0.3, -0.25) is 19.9 Å². The lowest BCUT2D eigenvalue weighted by atomic mass is 10.1. The van der Waals surface area contributed by atoms with E-state index in [2.05, 4.69) is 25.6 Å². The van der Waals surface area contributed by atoms with E-state index in [0.717, 1.165) is 0 Å². The molecule has 4 N–H and O–H groups in total. The summed E-state index contributed by atoms with van der Waals surface area (Å²) in [5.74, 6) is -0.309. The Morgan fingerprint density at radius 3 is 2.51 bits per heavy atom. The van der Waals surface area contributed by atoms with E-state index in [1.165, 1.54) is 12.1 Å². The van der Waals surface area contributed by atoms with Gasteiger partial charge in [0.05, 0.1) is 10.4 Å². The zero-order chi connectivity index (χ0) is 27.5. The fraction of sp³-hybridized carbons (Fsp3) is 0.0370. The number of nitrogens with two attached hydrogens (primary N) is 1. The minimum absolute atomic E-state index is 0.0326. The summed E-state index contributed by atoms with van der Waals surface area (Å²) < 4.78 is 13.0. The minimum Gasteiger partial charge on any atom is -0.368 e. The number of nitrogen functional groups attached to an aromatic ring is 1. The average Bonchev–Trinajstić information content (AvgIpc) is 2.92. The number of carbonyl (C=O) groups excluding carboxylic acids is 1. The molecule has 0 fully saturated rings. The second-order valence-corrected chi connectivity index (χ2v) is 9.90. The van der Waals surface area contributed by atoms with E-state index in [1.54, 1.807) is 79.9 Å². The van der Waals surface area contributed by atoms with Crippen molar-refractivity contribution in [3.8, 4) is 0 Å². The summed E-state index contributed by atoms with van der Waals surface area (Å²) in [7, 11) is -1.61. The summed E-state index contributed by atoms with van der Waals surface area (Å²) in [4.78, 5) is 36.4. The van der Waals surface area contributed by atoms with Crippen LogP contribution in [-0.4, -0.2) is 30.0 Å². The summed E-state index contributed by atoms with van der Waals surface area (Å²) in [5.41, 5.74) is 9.07. The summed E-state index contributed by atoms with van der Waals surface area (Å²) in [6, 6.07) is 21.2. The van der Waals surface area contributed by atoms with Gasteiger partial charge in [-0.1, -0.05) is 6.07 Å². The van der Waals surface area contributed by atoms with Crippen LogP contribution in [0.15, 0.2) is 95.0 Å². The first-order valence-electron chi connectivity index (χ1n) is 11.6. The highest BCUT2D eigenvalue weighted by Gasteiger charge is 2.14. The van der Waals surface area contributed by atoms with Crippen molar-refractivity contribution in [3.05, 3.63) is 106 Å². The van der Waals surface area contributed by atoms with E-state index in [0.29, 0.717) is 44.1 Å². The molecule has 1 amide bonds. The molecule has 0 aliphatic heterocycles. The number of nitro groups is 1. The fourth-order valence-electron chi connectivity index (χ4n) is 3.89. The molecule has 5 rings (SSSR count). The first-order chi connectivity index (χ1) is 18.8. The van der Waals surface area contributed by atoms with Gasteiger partial charge in [0.15, 0.2) is 0 Å². The van der Waals surface area contributed by atoms with Gasteiger partial charge in [0.1, 0.15) is 15.8 Å². The number of hydrogen-bond acceptors (Lipinski definition) is 9. The minimum atomic E-state index is -1.61. The van der Waals surface area contributed by atoms with Crippen LogP contribution in [0.1, 0.15) is 16.1 Å². The van der Waals surface area contributed by atoms with Crippen LogP contribution in [0.5, 0.6) is 0 Å². The molecule has 1 unspecified atom stereocenters. The van der Waals surface area contributed by atoms with Crippen molar-refractivity contribution >= 4 is 56.3 Å². The van der Waals surface area contributed by atoms with Crippen LogP contribution in [0, 0.1) is 17.0 Å². The fourth-order valence-corrected chi connectivity index (χ4v) is 5.02. The SMILES string of the molecule is Cc1cc(S(=O)c2cccc(NC(=O)c3ccc(Nc4ccnc5ccc([N+](=O)[O-])cc45)cc3)c2)nc(N)n1. The highest BCUT2D eigenvalue weighted by atomic mass is 32.2. The Bertz CT molecular complexity index is 1740. The Hall–Kier alpha value is -5.23. The maximum Gasteiger partial charge on any atom is 0.270 e. The Morgan fingerprint density at radius 1 is 0.974 bits per heavy atom. The van der Waals surface area contributed by atoms with Gasteiger partial charge < -0.3 is 16.4 Å². The first-order valence-corrected chi connectivity index (χ1v) is 12.8. The van der Waals surface area contributed by atoms with E-state index in [4.69, 9.17) is 5.73 Å². The van der Waals surface area contributed by atoms with Crippen molar-refractivity contribution in [2.45, 2.75) is 16.8 Å². The van der Waals surface area contributed by atoms with Crippen LogP contribution in [0.4, 0.5) is 28.7 Å². The number of carbonyl (C=O) groups is 1. The van der Waals surface area contributed by atoms with Crippen LogP contribution in [0.2, 0.25) is 0 Å². The molecule has 3 aromatic carbocycles. The molecule has 0 spiro atoms. The van der Waals surface area contributed by atoms with Gasteiger partial charge in [0, 0.05) is 56.9 Å². The number of aromatic nitrogens is 3. The quantitative estimate of drug-likeness (QED) is 0.147. The molecule has 0 radical (unpaired) electrons. The van der Waals surface area contributed by atoms with Crippen molar-refractivity contribution in [3.63, 3.8) is 0 Å². The third-order valence-corrected chi connectivity index (χ3v) is 6.98. The monoisotopic (exact) mass is 539 g/mol. The van der Waals surface area contributed by atoms with Crippen LogP contribution < -0.4 is 16.4 Å². The van der Waals surface area contributed by atoms with Gasteiger partial charge in [-0.05, 0) is 67.6 Å². The number of nitro benzene ring substituents is 1. The predicted octanol–water partition coefficient (Wildman–Crippen LogP) is 4.99. The smallest absolute Gasteiger partial charge is 0.270 e. The Balaban J connectivity index is 1.30. The van der Waals surface area contributed by atoms with Crippen molar-refractivity contribution in [1.82, 2.24) is 15.0 Å². The molecule has 1 atom stereocenters. The Morgan fingerprint density at radius 2 is 1.77 bits per heavy atom. The maximum atomic E-state index is 13.0. The van der Waals surface area contributed by atoms with Gasteiger partial charge >= 0.3 is 0 Å². The molecular weight excluding hydrogens is 518 g/mol. The van der Waals surface area contributed by atoms with Crippen LogP contribution >= 0.6 is 0 Å². The lowest BCUT2D eigenvalue weighted by Crippen LogP contribution is -2.12. The third kappa shape index (κ3) is 5.70. The molecular formula is C27H21N7O4S. The molecule has 5 aromatic rings. The van der Waals surface area contributed by atoms with Crippen molar-refractivity contribution in [2.24, 2.45) is 0 Å². The van der Waals surface area contributed by atoms with E-state index < -0.39 is 15.7 Å². The molecule has 12 heteroatoms. The number of pyridine rings is 1. The molecule has 0 saturated carbocycles. The zero-order valence-corrected chi connectivity index (χ0v) is 21.3. The van der Waals surface area contributed by atoms with Crippen molar-refractivity contribution in [1.29, 1.82) is 0 Å². The number of hydrogen-bond donors (Lipinski definition) is 3. The summed E-state index contributed by atoms with van der Waals surface area (Å²) in [6.07, 6.45) is 1.61. The number of amides is 1. The van der Waals surface area contributed by atoms with Gasteiger partial charge in [-0.2, -0.15) is 0 Å². The number of aryl methyl sites for hydroxylation is 1. The Kier molecular flexibility index (Phi) is 6.93. The standard InChI is InChI=1S/C27H21N7O4S/c1-16-13-25(33-27(28)30-16)39(38)21-4-2-3-19(14-21)32-26(35)17-5-7-18(8-6-17)31-24-11-12-29-23-10-9-20(34(36)37)15-22(23)24/h2-15H,1H3,(H,29,31)(H,32,35)(H2,28,30,33). The number of non-ortho nitro benzene ring substituents is 1. The molecule has 39 heavy (non-hydrogen) atoms. The van der Waals surface area contributed by atoms with Crippen molar-refractivity contribution < 1.29 is 13.9 Å². The van der Waals surface area contributed by atoms with Crippen LogP contribution in [0.3, 0.4) is 0 Å². The Labute approximate surface area is 224 Å². The summed E-state index contributed by atoms with van der Waals surface area (Å²) >= 11 is 0. The highest BCUT2D eigenvalue weighted by molar-refractivity contribution is 7.85. The summed E-state index contributed by atoms with van der Waals surface area (Å²) in [5, 5.41) is 18.1. The lowest BCUT2D eigenvalue weighted by Gasteiger charge is -2.11. The average molecular weight is 540 g/mol. The highest BCUT2D eigenvalue weighted by Crippen LogP contribution is 2.28. The van der Waals surface area contributed by atoms with E-state index in [-0.39, 0.29) is 22.6 Å². The largest absolute Gasteiger partial charge is 0.368 e. The first kappa shape index (κ1) is 25.4. The zero-order valence-electron chi connectivity index (χ0n) is 20.5. The van der Waals surface area contributed by atoms with Gasteiger partial charge in [0.2, 0.25) is 5.95 Å². The number of nitrogens with one attached hydrogen (secondary N) is 2. The van der Waals surface area contributed by atoms with Gasteiger partial charge in [0.25, 0.3) is 11.6 Å². The molecule has 11 nitrogen and oxygen atoms in total. The van der Waals surface area contributed by atoms with E-state index >= 15 is 0 Å². The molecule has 0 aliphatic rings. The van der Waals surface area contributed by atoms with E-state index in [9.17, 15) is 19.1 Å². The molecule has 0 bridgehead atoms. The number of benzene rings is 3. The molecule has 2 heterocycles. The van der Waals surface area contributed by atoms with Crippen molar-refractivity contribution in [2.75, 3.05) is 16.4 Å². The number of fused-ring (bicyclic) bond motifs is 1. The van der Waals surface area contributed by atoms with Crippen LogP contribution in [0.25, 0.3) is 10.9 Å². The predicted molar refractivity (Wildman–Crippen MR) is 148 cm³/mol. The number of anilines is 4. The maximum absolute atomic E-state index is 13.0. The molecule has 0 saturated heterocycles. The van der Waals surface area contributed by atoms with Gasteiger partial charge in [-0.25, -0.2) is 14.2 Å². The lowest BCUT2D eigenvalue weighted by molar-refractivity contribution is -0.384. The van der Waals surface area contributed by atoms with Gasteiger partial charge in [-0.15, -0.1) is 0 Å².